The zero-order chi connectivity index (χ0) is 12.3. The summed E-state index contributed by atoms with van der Waals surface area (Å²) in [5, 5.41) is 3.96. The Balaban J connectivity index is 2.20. The molecule has 0 N–H and O–H groups in total. The van der Waals surface area contributed by atoms with E-state index in [1.807, 2.05) is 12.1 Å². The third-order valence-electron chi connectivity index (χ3n) is 2.68. The van der Waals surface area contributed by atoms with Crippen LogP contribution in [-0.4, -0.2) is 15.1 Å². The molecule has 2 heterocycles. The summed E-state index contributed by atoms with van der Waals surface area (Å²) >= 11 is 0. The summed E-state index contributed by atoms with van der Waals surface area (Å²) in [7, 11) is 0. The van der Waals surface area contributed by atoms with E-state index >= 15 is 0 Å². The van der Waals surface area contributed by atoms with Gasteiger partial charge in [0, 0.05) is 24.4 Å². The highest BCUT2D eigenvalue weighted by atomic mass is 16.5. The quantitative estimate of drug-likeness (QED) is 0.759. The van der Waals surface area contributed by atoms with Crippen LogP contribution in [0.15, 0.2) is 40.2 Å². The molecule has 2 aromatic heterocycles. The lowest BCUT2D eigenvalue weighted by Crippen LogP contribution is -1.89. The van der Waals surface area contributed by atoms with Crippen LogP contribution in [0.25, 0.3) is 11.4 Å². The maximum absolute atomic E-state index is 5.22. The largest absolute Gasteiger partial charge is 0.339 e. The molecule has 88 valence electrons. The Bertz CT molecular complexity index is 525. The van der Waals surface area contributed by atoms with Crippen molar-refractivity contribution in [3.8, 4) is 11.4 Å². The van der Waals surface area contributed by atoms with E-state index in [4.69, 9.17) is 4.52 Å². The van der Waals surface area contributed by atoms with E-state index in [1.54, 1.807) is 12.4 Å². The van der Waals surface area contributed by atoms with Gasteiger partial charge in [-0.15, -0.1) is 0 Å². The monoisotopic (exact) mass is 229 g/mol. The highest BCUT2D eigenvalue weighted by Crippen LogP contribution is 2.16. The first-order chi connectivity index (χ1) is 8.16. The van der Waals surface area contributed by atoms with Crippen molar-refractivity contribution < 1.29 is 4.52 Å². The molecule has 0 bridgehead atoms. The van der Waals surface area contributed by atoms with Crippen LogP contribution in [0.2, 0.25) is 0 Å². The third-order valence-corrected chi connectivity index (χ3v) is 2.68. The Kier molecular flexibility index (Phi) is 3.32. The van der Waals surface area contributed by atoms with Gasteiger partial charge in [0.25, 0.3) is 0 Å². The minimum absolute atomic E-state index is 0.615. The summed E-state index contributed by atoms with van der Waals surface area (Å²) in [5.41, 5.74) is 3.47. The fourth-order valence-electron chi connectivity index (χ4n) is 1.35. The lowest BCUT2D eigenvalue weighted by atomic mass is 10.1. The molecule has 0 aromatic carbocycles. The lowest BCUT2D eigenvalue weighted by molar-refractivity contribution is 0.385. The minimum atomic E-state index is 0.615. The second-order valence-corrected chi connectivity index (χ2v) is 4.20. The van der Waals surface area contributed by atoms with Crippen molar-refractivity contribution in [2.45, 2.75) is 27.2 Å². The van der Waals surface area contributed by atoms with Crippen molar-refractivity contribution in [3.05, 3.63) is 41.6 Å². The molecule has 2 rings (SSSR count). The first kappa shape index (κ1) is 11.5. The number of pyridine rings is 1. The van der Waals surface area contributed by atoms with Gasteiger partial charge in [-0.1, -0.05) is 16.3 Å². The van der Waals surface area contributed by atoms with Crippen LogP contribution >= 0.6 is 0 Å². The summed E-state index contributed by atoms with van der Waals surface area (Å²) in [4.78, 5) is 8.32. The van der Waals surface area contributed by atoms with Crippen molar-refractivity contribution in [3.63, 3.8) is 0 Å². The first-order valence-electron chi connectivity index (χ1n) is 5.53. The zero-order valence-electron chi connectivity index (χ0n) is 10.3. The highest BCUT2D eigenvalue weighted by molar-refractivity contribution is 5.52. The maximum atomic E-state index is 5.22. The second kappa shape index (κ2) is 4.91. The van der Waals surface area contributed by atoms with E-state index in [-0.39, 0.29) is 0 Å². The van der Waals surface area contributed by atoms with Crippen LogP contribution in [0.1, 0.15) is 26.7 Å². The van der Waals surface area contributed by atoms with E-state index in [1.165, 1.54) is 11.1 Å². The number of hydrogen-bond donors (Lipinski definition) is 0. The van der Waals surface area contributed by atoms with Gasteiger partial charge in [-0.2, -0.15) is 4.98 Å². The van der Waals surface area contributed by atoms with E-state index in [0.717, 1.165) is 5.56 Å². The molecule has 0 radical (unpaired) electrons. The number of aromatic nitrogens is 3. The summed E-state index contributed by atoms with van der Waals surface area (Å²) in [6.07, 6.45) is 4.14. The molecule has 4 nitrogen and oxygen atoms in total. The van der Waals surface area contributed by atoms with Crippen LogP contribution in [0, 0.1) is 0 Å². The topological polar surface area (TPSA) is 51.8 Å². The molecular formula is C13H15N3O. The molecule has 0 aliphatic carbocycles. The molecule has 0 spiro atoms. The Hall–Kier alpha value is -1.97. The highest BCUT2D eigenvalue weighted by Gasteiger charge is 2.08. The van der Waals surface area contributed by atoms with Crippen molar-refractivity contribution in [2.75, 3.05) is 0 Å². The Morgan fingerprint density at radius 2 is 1.88 bits per heavy atom. The summed E-state index contributed by atoms with van der Waals surface area (Å²) in [5.74, 6) is 1.26. The van der Waals surface area contributed by atoms with Gasteiger partial charge in [-0.3, -0.25) is 4.98 Å². The van der Waals surface area contributed by atoms with Gasteiger partial charge >= 0.3 is 0 Å². The number of hydrogen-bond acceptors (Lipinski definition) is 4. The van der Waals surface area contributed by atoms with Crippen molar-refractivity contribution in [2.24, 2.45) is 0 Å². The normalized spacial score (nSPS) is 10.3. The minimum Gasteiger partial charge on any atom is -0.339 e. The van der Waals surface area contributed by atoms with Gasteiger partial charge in [-0.25, -0.2) is 0 Å². The molecule has 0 saturated carbocycles. The van der Waals surface area contributed by atoms with Crippen LogP contribution in [0.3, 0.4) is 0 Å². The average molecular weight is 229 g/mol. The van der Waals surface area contributed by atoms with Gasteiger partial charge in [0.1, 0.15) is 0 Å². The van der Waals surface area contributed by atoms with Gasteiger partial charge in [-0.05, 0) is 32.9 Å². The van der Waals surface area contributed by atoms with Gasteiger partial charge in [0.15, 0.2) is 0 Å². The number of rotatable bonds is 3. The third kappa shape index (κ3) is 2.78. The summed E-state index contributed by atoms with van der Waals surface area (Å²) < 4.78 is 5.22. The average Bonchev–Trinajstić information content (AvgIpc) is 2.78. The predicted molar refractivity (Wildman–Crippen MR) is 65.3 cm³/mol. The van der Waals surface area contributed by atoms with E-state index in [0.29, 0.717) is 18.1 Å². The van der Waals surface area contributed by atoms with Gasteiger partial charge in [0.2, 0.25) is 11.7 Å². The number of allylic oxidation sites excluding steroid dienone is 2. The van der Waals surface area contributed by atoms with Crippen molar-refractivity contribution in [1.82, 2.24) is 15.1 Å². The van der Waals surface area contributed by atoms with Crippen LogP contribution in [0.5, 0.6) is 0 Å². The van der Waals surface area contributed by atoms with Crippen LogP contribution in [0.4, 0.5) is 0 Å². The molecule has 0 aliphatic heterocycles. The van der Waals surface area contributed by atoms with Crippen LogP contribution in [-0.2, 0) is 6.42 Å². The Labute approximate surface area is 100 Å². The molecule has 0 aliphatic rings. The SMILES string of the molecule is CC(C)=C(C)Cc1nc(-c2ccncc2)no1. The molecular weight excluding hydrogens is 214 g/mol. The van der Waals surface area contributed by atoms with E-state index in [2.05, 4.69) is 35.9 Å². The van der Waals surface area contributed by atoms with Crippen LogP contribution < -0.4 is 0 Å². The zero-order valence-corrected chi connectivity index (χ0v) is 10.3. The van der Waals surface area contributed by atoms with Gasteiger partial charge in [0.05, 0.1) is 0 Å². The molecule has 17 heavy (non-hydrogen) atoms. The molecule has 2 aromatic rings. The second-order valence-electron chi connectivity index (χ2n) is 4.20. The molecule has 0 amide bonds. The first-order valence-corrected chi connectivity index (χ1v) is 5.53. The summed E-state index contributed by atoms with van der Waals surface area (Å²) in [6, 6.07) is 3.73. The van der Waals surface area contributed by atoms with Crippen molar-refractivity contribution in [1.29, 1.82) is 0 Å². The number of nitrogens with zero attached hydrogens (tertiary/aromatic N) is 3. The standard InChI is InChI=1S/C13H15N3O/c1-9(2)10(3)8-12-15-13(16-17-12)11-4-6-14-7-5-11/h4-7H,8H2,1-3H3. The van der Waals surface area contributed by atoms with E-state index < -0.39 is 0 Å². The van der Waals surface area contributed by atoms with E-state index in [9.17, 15) is 0 Å². The fourth-order valence-corrected chi connectivity index (χ4v) is 1.35. The Morgan fingerprint density at radius 3 is 2.53 bits per heavy atom. The maximum Gasteiger partial charge on any atom is 0.231 e. The molecule has 4 heteroatoms. The Morgan fingerprint density at radius 1 is 1.18 bits per heavy atom. The smallest absolute Gasteiger partial charge is 0.231 e. The molecule has 0 unspecified atom stereocenters. The summed E-state index contributed by atoms with van der Waals surface area (Å²) in [6.45, 7) is 6.23. The van der Waals surface area contributed by atoms with Gasteiger partial charge < -0.3 is 4.52 Å². The molecule has 0 atom stereocenters. The lowest BCUT2D eigenvalue weighted by Gasteiger charge is -1.97. The molecule has 0 fully saturated rings. The fraction of sp³-hybridized carbons (Fsp3) is 0.308. The molecule has 0 saturated heterocycles. The van der Waals surface area contributed by atoms with Crippen molar-refractivity contribution >= 4 is 0 Å². The predicted octanol–water partition coefficient (Wildman–Crippen LogP) is 3.03.